The number of ether oxygens (including phenoxy) is 1. The highest BCUT2D eigenvalue weighted by atomic mass is 16.5. The lowest BCUT2D eigenvalue weighted by Gasteiger charge is -2.32. The van der Waals surface area contributed by atoms with Crippen LogP contribution in [0, 0.1) is 5.41 Å². The molecule has 1 rings (SSSR count). The lowest BCUT2D eigenvalue weighted by molar-refractivity contribution is -0.140. The predicted molar refractivity (Wildman–Crippen MR) is 70.4 cm³/mol. The summed E-state index contributed by atoms with van der Waals surface area (Å²) in [6.45, 7) is 11.1. The third kappa shape index (κ3) is 4.92. The third-order valence-electron chi connectivity index (χ3n) is 3.09. The van der Waals surface area contributed by atoms with E-state index in [0.29, 0.717) is 13.1 Å². The van der Waals surface area contributed by atoms with Gasteiger partial charge < -0.3 is 14.7 Å². The van der Waals surface area contributed by atoms with Gasteiger partial charge in [-0.05, 0) is 0 Å². The van der Waals surface area contributed by atoms with Crippen LogP contribution in [-0.4, -0.2) is 73.4 Å². The maximum Gasteiger partial charge on any atom is 0.228 e. The molecule has 0 unspecified atom stereocenters. The van der Waals surface area contributed by atoms with Crippen LogP contribution in [0.1, 0.15) is 20.8 Å². The van der Waals surface area contributed by atoms with Crippen LogP contribution < -0.4 is 0 Å². The highest BCUT2D eigenvalue weighted by Gasteiger charge is 2.27. The molecule has 5 nitrogen and oxygen atoms in total. The second-order valence-corrected chi connectivity index (χ2v) is 5.72. The average molecular weight is 258 g/mol. The van der Waals surface area contributed by atoms with Crippen molar-refractivity contribution in [2.45, 2.75) is 20.8 Å². The number of aliphatic hydroxyl groups is 1. The minimum atomic E-state index is -0.389. The summed E-state index contributed by atoms with van der Waals surface area (Å²) in [4.78, 5) is 16.3. The zero-order valence-electron chi connectivity index (χ0n) is 11.8. The summed E-state index contributed by atoms with van der Waals surface area (Å²) in [7, 11) is 0. The molecule has 18 heavy (non-hydrogen) atoms. The van der Waals surface area contributed by atoms with Gasteiger partial charge in [-0.2, -0.15) is 0 Å². The van der Waals surface area contributed by atoms with E-state index in [4.69, 9.17) is 9.84 Å². The van der Waals surface area contributed by atoms with Gasteiger partial charge in [-0.3, -0.25) is 9.69 Å². The normalized spacial score (nSPS) is 17.8. The molecule has 1 N–H and O–H groups in total. The third-order valence-corrected chi connectivity index (χ3v) is 3.09. The minimum Gasteiger partial charge on any atom is -0.395 e. The first-order chi connectivity index (χ1) is 8.45. The quantitative estimate of drug-likeness (QED) is 0.764. The highest BCUT2D eigenvalue weighted by Crippen LogP contribution is 2.17. The molecule has 1 fully saturated rings. The van der Waals surface area contributed by atoms with E-state index in [1.54, 1.807) is 4.90 Å². The van der Waals surface area contributed by atoms with E-state index >= 15 is 0 Å². The Bertz CT molecular complexity index is 257. The maximum atomic E-state index is 12.2. The molecule has 0 aromatic heterocycles. The molecule has 1 aliphatic rings. The summed E-state index contributed by atoms with van der Waals surface area (Å²) < 4.78 is 5.29. The molecule has 0 bridgehead atoms. The van der Waals surface area contributed by atoms with Gasteiger partial charge in [0.2, 0.25) is 5.91 Å². The van der Waals surface area contributed by atoms with Crippen LogP contribution in [0.25, 0.3) is 0 Å². The Morgan fingerprint density at radius 1 is 1.28 bits per heavy atom. The first kappa shape index (κ1) is 15.4. The van der Waals surface area contributed by atoms with Crippen molar-refractivity contribution in [2.75, 3.05) is 52.5 Å². The number of carbonyl (C=O) groups excluding carboxylic acids is 1. The Hall–Kier alpha value is -0.650. The number of hydrogen-bond donors (Lipinski definition) is 1. The lowest BCUT2D eigenvalue weighted by atomic mass is 9.94. The first-order valence-corrected chi connectivity index (χ1v) is 6.65. The second-order valence-electron chi connectivity index (χ2n) is 5.72. The van der Waals surface area contributed by atoms with Gasteiger partial charge in [0.05, 0.1) is 19.8 Å². The van der Waals surface area contributed by atoms with Crippen molar-refractivity contribution in [3.05, 3.63) is 0 Å². The number of carbonyl (C=O) groups is 1. The van der Waals surface area contributed by atoms with Crippen molar-refractivity contribution in [3.8, 4) is 0 Å². The number of hydrogen-bond acceptors (Lipinski definition) is 4. The van der Waals surface area contributed by atoms with Crippen LogP contribution in [0.5, 0.6) is 0 Å². The van der Waals surface area contributed by atoms with E-state index in [0.717, 1.165) is 32.8 Å². The summed E-state index contributed by atoms with van der Waals surface area (Å²) in [5.74, 6) is 0.102. The van der Waals surface area contributed by atoms with Crippen molar-refractivity contribution in [1.82, 2.24) is 9.80 Å². The number of morpholine rings is 1. The first-order valence-electron chi connectivity index (χ1n) is 6.65. The maximum absolute atomic E-state index is 12.2. The monoisotopic (exact) mass is 258 g/mol. The van der Waals surface area contributed by atoms with E-state index < -0.39 is 0 Å². The molecule has 0 aromatic carbocycles. The largest absolute Gasteiger partial charge is 0.395 e. The van der Waals surface area contributed by atoms with Crippen molar-refractivity contribution in [1.29, 1.82) is 0 Å². The molecular formula is C13H26N2O3. The van der Waals surface area contributed by atoms with E-state index in [-0.39, 0.29) is 17.9 Å². The summed E-state index contributed by atoms with van der Waals surface area (Å²) in [6.07, 6.45) is 0. The average Bonchev–Trinajstić information content (AvgIpc) is 2.34. The molecule has 0 saturated carbocycles. The van der Waals surface area contributed by atoms with Crippen LogP contribution in [-0.2, 0) is 9.53 Å². The van der Waals surface area contributed by atoms with E-state index in [2.05, 4.69) is 4.90 Å². The van der Waals surface area contributed by atoms with Gasteiger partial charge in [-0.1, -0.05) is 20.8 Å². The Morgan fingerprint density at radius 3 is 2.39 bits per heavy atom. The molecule has 0 atom stereocenters. The van der Waals surface area contributed by atoms with Gasteiger partial charge >= 0.3 is 0 Å². The Morgan fingerprint density at radius 2 is 1.89 bits per heavy atom. The van der Waals surface area contributed by atoms with Crippen LogP contribution in [0.3, 0.4) is 0 Å². The summed E-state index contributed by atoms with van der Waals surface area (Å²) in [6, 6.07) is 0. The minimum absolute atomic E-state index is 0.0188. The number of rotatable bonds is 5. The van der Waals surface area contributed by atoms with Crippen molar-refractivity contribution >= 4 is 5.91 Å². The molecule has 0 aromatic rings. The molecule has 1 amide bonds. The fourth-order valence-electron chi connectivity index (χ4n) is 2.00. The van der Waals surface area contributed by atoms with Crippen molar-refractivity contribution in [3.63, 3.8) is 0 Å². The summed E-state index contributed by atoms with van der Waals surface area (Å²) in [5.41, 5.74) is -0.389. The van der Waals surface area contributed by atoms with Crippen LogP contribution in [0.4, 0.5) is 0 Å². The predicted octanol–water partition coefficient (Wildman–Crippen LogP) is 0.186. The standard InChI is InChI=1S/C13H26N2O3/c1-13(2,3)12(17)15(6-9-16)5-4-14-7-10-18-11-8-14/h16H,4-11H2,1-3H3. The second kappa shape index (κ2) is 7.07. The molecule has 0 spiro atoms. The van der Waals surface area contributed by atoms with Gasteiger partial charge in [0.25, 0.3) is 0 Å². The van der Waals surface area contributed by atoms with E-state index in [9.17, 15) is 4.79 Å². The Labute approximate surface area is 110 Å². The highest BCUT2D eigenvalue weighted by molar-refractivity contribution is 5.81. The number of aliphatic hydroxyl groups excluding tert-OH is 1. The van der Waals surface area contributed by atoms with Gasteiger partial charge in [0, 0.05) is 38.1 Å². The molecular weight excluding hydrogens is 232 g/mol. The molecule has 1 saturated heterocycles. The molecule has 5 heteroatoms. The Kier molecular flexibility index (Phi) is 6.05. The smallest absolute Gasteiger partial charge is 0.228 e. The molecule has 0 aliphatic carbocycles. The van der Waals surface area contributed by atoms with Crippen molar-refractivity contribution in [2.24, 2.45) is 5.41 Å². The fourth-order valence-corrected chi connectivity index (χ4v) is 2.00. The molecule has 1 aliphatic heterocycles. The van der Waals surface area contributed by atoms with Gasteiger partial charge in [-0.25, -0.2) is 0 Å². The van der Waals surface area contributed by atoms with E-state index in [1.165, 1.54) is 0 Å². The van der Waals surface area contributed by atoms with Gasteiger partial charge in [0.1, 0.15) is 0 Å². The lowest BCUT2D eigenvalue weighted by Crippen LogP contribution is -2.46. The summed E-state index contributed by atoms with van der Waals surface area (Å²) >= 11 is 0. The zero-order chi connectivity index (χ0) is 13.6. The topological polar surface area (TPSA) is 53.0 Å². The van der Waals surface area contributed by atoms with Crippen molar-refractivity contribution < 1.29 is 14.6 Å². The van der Waals surface area contributed by atoms with Crippen LogP contribution in [0.15, 0.2) is 0 Å². The molecule has 0 radical (unpaired) electrons. The van der Waals surface area contributed by atoms with Crippen LogP contribution >= 0.6 is 0 Å². The number of nitrogens with zero attached hydrogens (tertiary/aromatic N) is 2. The molecule has 106 valence electrons. The van der Waals surface area contributed by atoms with E-state index in [1.807, 2.05) is 20.8 Å². The summed E-state index contributed by atoms with van der Waals surface area (Å²) in [5, 5.41) is 9.06. The SMILES string of the molecule is CC(C)(C)C(=O)N(CCO)CCN1CCOCC1. The Balaban J connectivity index is 2.44. The number of amides is 1. The fraction of sp³-hybridized carbons (Fsp3) is 0.923. The van der Waals surface area contributed by atoms with Crippen LogP contribution in [0.2, 0.25) is 0 Å². The molecule has 1 heterocycles. The van der Waals surface area contributed by atoms with Gasteiger partial charge in [0.15, 0.2) is 0 Å². The van der Waals surface area contributed by atoms with Gasteiger partial charge in [-0.15, -0.1) is 0 Å². The zero-order valence-corrected chi connectivity index (χ0v) is 11.8.